The maximum Gasteiger partial charge on any atom is 0.287 e. The van der Waals surface area contributed by atoms with Crippen molar-refractivity contribution in [2.45, 2.75) is 13.0 Å². The van der Waals surface area contributed by atoms with Crippen LogP contribution in [0.1, 0.15) is 27.9 Å². The van der Waals surface area contributed by atoms with Crippen molar-refractivity contribution in [1.29, 1.82) is 0 Å². The van der Waals surface area contributed by atoms with E-state index < -0.39 is 0 Å². The number of hydrogen-bond donors (Lipinski definition) is 1. The molecular formula is C18H21N3O4. The molecule has 0 aliphatic carbocycles. The summed E-state index contributed by atoms with van der Waals surface area (Å²) in [6, 6.07) is 7.02. The Morgan fingerprint density at radius 3 is 2.80 bits per heavy atom. The summed E-state index contributed by atoms with van der Waals surface area (Å²) in [7, 11) is 5.00. The number of carbonyl (C=O) groups is 1. The highest BCUT2D eigenvalue weighted by molar-refractivity contribution is 5.99. The van der Waals surface area contributed by atoms with Gasteiger partial charge in [0.1, 0.15) is 11.3 Å². The second-order valence-electron chi connectivity index (χ2n) is 5.78. The second-order valence-corrected chi connectivity index (χ2v) is 5.78. The van der Waals surface area contributed by atoms with Crippen molar-refractivity contribution in [3.63, 3.8) is 0 Å². The summed E-state index contributed by atoms with van der Waals surface area (Å²) in [5, 5.41) is 7.99. The van der Waals surface area contributed by atoms with E-state index in [1.54, 1.807) is 31.2 Å². The molecule has 1 N–H and O–H groups in total. The maximum atomic E-state index is 12.8. The highest BCUT2D eigenvalue weighted by Crippen LogP contribution is 2.29. The lowest BCUT2D eigenvalue weighted by Gasteiger charge is -2.17. The summed E-state index contributed by atoms with van der Waals surface area (Å²) in [5.74, 6) is 0.669. The molecule has 25 heavy (non-hydrogen) atoms. The van der Waals surface area contributed by atoms with Crippen LogP contribution in [0.2, 0.25) is 0 Å². The summed E-state index contributed by atoms with van der Waals surface area (Å²) in [5.41, 5.74) is 2.26. The number of methoxy groups -OCH3 is 2. The fourth-order valence-electron chi connectivity index (χ4n) is 2.87. The summed E-state index contributed by atoms with van der Waals surface area (Å²) in [6.07, 6.45) is 1.68. The Bertz CT molecular complexity index is 897. The Kier molecular flexibility index (Phi) is 4.76. The quantitative estimate of drug-likeness (QED) is 0.744. The summed E-state index contributed by atoms with van der Waals surface area (Å²) >= 11 is 0. The Morgan fingerprint density at radius 1 is 1.36 bits per heavy atom. The Morgan fingerprint density at radius 2 is 2.16 bits per heavy atom. The standard InChI is InChI=1S/C18H21N3O4/c1-11-13-6-5-12(24-4)9-16(13)25-17(11)18(22)20-14(10-23-3)15-7-8-19-21(15)2/h5-9,14H,10H2,1-4H3,(H,20,22). The van der Waals surface area contributed by atoms with Crippen LogP contribution in [0.4, 0.5) is 0 Å². The minimum atomic E-state index is -0.327. The molecule has 2 aromatic heterocycles. The monoisotopic (exact) mass is 343 g/mol. The van der Waals surface area contributed by atoms with Gasteiger partial charge in [-0.15, -0.1) is 0 Å². The highest BCUT2D eigenvalue weighted by Gasteiger charge is 2.23. The number of amides is 1. The van der Waals surface area contributed by atoms with Crippen LogP contribution < -0.4 is 10.1 Å². The van der Waals surface area contributed by atoms with Crippen molar-refractivity contribution in [3.8, 4) is 5.75 Å². The predicted molar refractivity (Wildman–Crippen MR) is 92.8 cm³/mol. The number of nitrogens with zero attached hydrogens (tertiary/aromatic N) is 2. The third kappa shape index (κ3) is 3.23. The molecule has 0 saturated heterocycles. The molecule has 3 aromatic rings. The van der Waals surface area contributed by atoms with Crippen molar-refractivity contribution in [2.24, 2.45) is 7.05 Å². The van der Waals surface area contributed by atoms with E-state index in [0.717, 1.165) is 16.6 Å². The van der Waals surface area contributed by atoms with Crippen LogP contribution in [-0.4, -0.2) is 36.5 Å². The molecule has 0 saturated carbocycles. The van der Waals surface area contributed by atoms with Gasteiger partial charge in [0.15, 0.2) is 5.76 Å². The Balaban J connectivity index is 1.90. The molecule has 0 aliphatic heterocycles. The number of furan rings is 1. The van der Waals surface area contributed by atoms with Crippen LogP contribution in [0, 0.1) is 6.92 Å². The van der Waals surface area contributed by atoms with Gasteiger partial charge >= 0.3 is 0 Å². The largest absolute Gasteiger partial charge is 0.497 e. The van der Waals surface area contributed by atoms with Gasteiger partial charge < -0.3 is 19.2 Å². The fourth-order valence-corrected chi connectivity index (χ4v) is 2.87. The first-order valence-corrected chi connectivity index (χ1v) is 7.90. The van der Waals surface area contributed by atoms with Crippen LogP contribution in [0.15, 0.2) is 34.9 Å². The normalized spacial score (nSPS) is 12.3. The first-order valence-electron chi connectivity index (χ1n) is 7.90. The van der Waals surface area contributed by atoms with Gasteiger partial charge in [0.05, 0.1) is 25.5 Å². The van der Waals surface area contributed by atoms with Crippen molar-refractivity contribution >= 4 is 16.9 Å². The van der Waals surface area contributed by atoms with E-state index in [-0.39, 0.29) is 17.7 Å². The summed E-state index contributed by atoms with van der Waals surface area (Å²) < 4.78 is 17.9. The van der Waals surface area contributed by atoms with Crippen molar-refractivity contribution in [3.05, 3.63) is 47.5 Å². The molecule has 1 unspecified atom stereocenters. The smallest absolute Gasteiger partial charge is 0.287 e. The van der Waals surface area contributed by atoms with Crippen molar-refractivity contribution in [1.82, 2.24) is 15.1 Å². The van der Waals surface area contributed by atoms with Crippen LogP contribution in [0.3, 0.4) is 0 Å². The van der Waals surface area contributed by atoms with E-state index in [9.17, 15) is 4.79 Å². The average Bonchev–Trinajstić information content (AvgIpc) is 3.17. The number of aromatic nitrogens is 2. The predicted octanol–water partition coefficient (Wildman–Crippen LogP) is 2.60. The molecule has 7 nitrogen and oxygen atoms in total. The molecular weight excluding hydrogens is 322 g/mol. The van der Waals surface area contributed by atoms with Crippen molar-refractivity contribution in [2.75, 3.05) is 20.8 Å². The van der Waals surface area contributed by atoms with E-state index in [4.69, 9.17) is 13.9 Å². The van der Waals surface area contributed by atoms with Gasteiger partial charge in [0.25, 0.3) is 5.91 Å². The zero-order valence-corrected chi connectivity index (χ0v) is 14.7. The average molecular weight is 343 g/mol. The number of carbonyl (C=O) groups excluding carboxylic acids is 1. The molecule has 1 atom stereocenters. The number of rotatable bonds is 6. The van der Waals surface area contributed by atoms with Crippen molar-refractivity contribution < 1.29 is 18.7 Å². The maximum absolute atomic E-state index is 12.8. The number of fused-ring (bicyclic) bond motifs is 1. The summed E-state index contributed by atoms with van der Waals surface area (Å²) in [6.45, 7) is 2.20. The zero-order chi connectivity index (χ0) is 18.0. The molecule has 0 spiro atoms. The van der Waals surface area contributed by atoms with Gasteiger partial charge in [-0.25, -0.2) is 0 Å². The number of hydrogen-bond acceptors (Lipinski definition) is 5. The number of nitrogens with one attached hydrogen (secondary N) is 1. The molecule has 0 radical (unpaired) electrons. The van der Waals surface area contributed by atoms with Gasteiger partial charge in [0, 0.05) is 37.4 Å². The lowest BCUT2D eigenvalue weighted by molar-refractivity contribution is 0.0866. The topological polar surface area (TPSA) is 78.5 Å². The van der Waals surface area contributed by atoms with Gasteiger partial charge in [-0.1, -0.05) is 0 Å². The SMILES string of the molecule is COCC(NC(=O)c1oc2cc(OC)ccc2c1C)c1ccnn1C. The highest BCUT2D eigenvalue weighted by atomic mass is 16.5. The number of ether oxygens (including phenoxy) is 2. The first kappa shape index (κ1) is 17.0. The van der Waals surface area contributed by atoms with Gasteiger partial charge in [-0.2, -0.15) is 5.10 Å². The second kappa shape index (κ2) is 6.98. The van der Waals surface area contributed by atoms with E-state index >= 15 is 0 Å². The van der Waals surface area contributed by atoms with Crippen LogP contribution >= 0.6 is 0 Å². The molecule has 2 heterocycles. The third-order valence-corrected chi connectivity index (χ3v) is 4.21. The van der Waals surface area contributed by atoms with E-state index in [1.165, 1.54) is 0 Å². The lowest BCUT2D eigenvalue weighted by atomic mass is 10.1. The molecule has 1 aromatic carbocycles. The minimum absolute atomic E-state index is 0.284. The van der Waals surface area contributed by atoms with E-state index in [1.807, 2.05) is 32.2 Å². The third-order valence-electron chi connectivity index (χ3n) is 4.21. The zero-order valence-electron chi connectivity index (χ0n) is 14.7. The fraction of sp³-hybridized carbons (Fsp3) is 0.333. The molecule has 0 bridgehead atoms. The summed E-state index contributed by atoms with van der Waals surface area (Å²) in [4.78, 5) is 12.8. The Labute approximate surface area is 145 Å². The molecule has 0 fully saturated rings. The molecule has 132 valence electrons. The minimum Gasteiger partial charge on any atom is -0.497 e. The molecule has 3 rings (SSSR count). The van der Waals surface area contributed by atoms with Gasteiger partial charge in [-0.05, 0) is 25.1 Å². The molecule has 7 heteroatoms. The van der Waals surface area contributed by atoms with Gasteiger partial charge in [0.2, 0.25) is 0 Å². The molecule has 1 amide bonds. The van der Waals surface area contributed by atoms with Gasteiger partial charge in [-0.3, -0.25) is 9.48 Å². The van der Waals surface area contributed by atoms with Crippen LogP contribution in [-0.2, 0) is 11.8 Å². The van der Waals surface area contributed by atoms with Crippen LogP contribution in [0.25, 0.3) is 11.0 Å². The number of benzene rings is 1. The van der Waals surface area contributed by atoms with E-state index in [0.29, 0.717) is 17.9 Å². The lowest BCUT2D eigenvalue weighted by Crippen LogP contribution is -2.32. The van der Waals surface area contributed by atoms with E-state index in [2.05, 4.69) is 10.4 Å². The first-order chi connectivity index (χ1) is 12.0. The van der Waals surface area contributed by atoms with Crippen LogP contribution in [0.5, 0.6) is 5.75 Å². The number of aryl methyl sites for hydroxylation is 2. The molecule has 0 aliphatic rings. The Hall–Kier alpha value is -2.80.